The zero-order chi connectivity index (χ0) is 12.5. The van der Waals surface area contributed by atoms with E-state index in [1.165, 1.54) is 18.9 Å². The Kier molecular flexibility index (Phi) is 3.40. The van der Waals surface area contributed by atoms with Crippen molar-refractivity contribution in [2.24, 2.45) is 11.1 Å². The average Bonchev–Trinajstić information content (AvgIpc) is 3.02. The molecule has 0 atom stereocenters. The van der Waals surface area contributed by atoms with Crippen LogP contribution in [0.15, 0.2) is 23.1 Å². The summed E-state index contributed by atoms with van der Waals surface area (Å²) in [5.41, 5.74) is 0.798. The maximum atomic E-state index is 11.1. The Morgan fingerprint density at radius 1 is 1.41 bits per heavy atom. The third kappa shape index (κ3) is 3.44. The van der Waals surface area contributed by atoms with Gasteiger partial charge in [-0.2, -0.15) is 0 Å². The molecular formula is C12H17NO3S. The number of primary sulfonamides is 1. The molecule has 5 heteroatoms. The van der Waals surface area contributed by atoms with Crippen LogP contribution in [0.25, 0.3) is 0 Å². The fourth-order valence-corrected chi connectivity index (χ4v) is 2.30. The van der Waals surface area contributed by atoms with Gasteiger partial charge in [0.1, 0.15) is 5.75 Å². The number of rotatable bonds is 5. The number of ether oxygens (including phenoxy) is 1. The molecule has 1 saturated carbocycles. The molecule has 1 aliphatic rings. The van der Waals surface area contributed by atoms with Gasteiger partial charge in [-0.05, 0) is 43.0 Å². The zero-order valence-corrected chi connectivity index (χ0v) is 10.7. The average molecular weight is 255 g/mol. The van der Waals surface area contributed by atoms with Crippen LogP contribution in [0.4, 0.5) is 0 Å². The SMILES string of the molecule is Cc1cc(S(N)(=O)=O)ccc1OCCC1CC1. The van der Waals surface area contributed by atoms with Gasteiger partial charge >= 0.3 is 0 Å². The minimum absolute atomic E-state index is 0.129. The molecule has 17 heavy (non-hydrogen) atoms. The van der Waals surface area contributed by atoms with Crippen LogP contribution >= 0.6 is 0 Å². The van der Waals surface area contributed by atoms with Crippen molar-refractivity contribution in [3.8, 4) is 5.75 Å². The molecule has 1 aromatic rings. The van der Waals surface area contributed by atoms with E-state index in [0.29, 0.717) is 6.61 Å². The van der Waals surface area contributed by atoms with Gasteiger partial charge in [0.25, 0.3) is 0 Å². The van der Waals surface area contributed by atoms with Crippen molar-refractivity contribution in [3.05, 3.63) is 23.8 Å². The van der Waals surface area contributed by atoms with Crippen molar-refractivity contribution in [1.82, 2.24) is 0 Å². The van der Waals surface area contributed by atoms with E-state index in [0.717, 1.165) is 23.7 Å². The number of aryl methyl sites for hydroxylation is 1. The highest BCUT2D eigenvalue weighted by Gasteiger charge is 2.20. The lowest BCUT2D eigenvalue weighted by Crippen LogP contribution is -2.12. The Morgan fingerprint density at radius 2 is 2.12 bits per heavy atom. The molecule has 0 bridgehead atoms. The Labute approximate surface area is 102 Å². The van der Waals surface area contributed by atoms with Gasteiger partial charge in [-0.1, -0.05) is 12.8 Å². The molecule has 0 spiro atoms. The molecule has 2 N–H and O–H groups in total. The molecule has 2 rings (SSSR count). The smallest absolute Gasteiger partial charge is 0.238 e. The molecule has 0 amide bonds. The summed E-state index contributed by atoms with van der Waals surface area (Å²) in [7, 11) is -3.62. The first-order chi connectivity index (χ1) is 7.97. The third-order valence-corrected chi connectivity index (χ3v) is 3.87. The van der Waals surface area contributed by atoms with Crippen LogP contribution in [0.3, 0.4) is 0 Å². The first-order valence-corrected chi connectivity index (χ1v) is 7.28. The fraction of sp³-hybridized carbons (Fsp3) is 0.500. The summed E-state index contributed by atoms with van der Waals surface area (Å²) >= 11 is 0. The van der Waals surface area contributed by atoms with Crippen LogP contribution in [0.1, 0.15) is 24.8 Å². The number of hydrogen-bond donors (Lipinski definition) is 1. The summed E-state index contributed by atoms with van der Waals surface area (Å²) in [5.74, 6) is 1.57. The van der Waals surface area contributed by atoms with Gasteiger partial charge in [0.05, 0.1) is 11.5 Å². The second-order valence-corrected chi connectivity index (χ2v) is 6.11. The standard InChI is InChI=1S/C12H17NO3S/c1-9-8-11(17(13,14)15)4-5-12(9)16-7-6-10-2-3-10/h4-5,8,10H,2-3,6-7H2,1H3,(H2,13,14,15). The van der Waals surface area contributed by atoms with Gasteiger partial charge < -0.3 is 4.74 Å². The van der Waals surface area contributed by atoms with Crippen molar-refractivity contribution < 1.29 is 13.2 Å². The third-order valence-electron chi connectivity index (χ3n) is 2.96. The van der Waals surface area contributed by atoms with E-state index in [4.69, 9.17) is 9.88 Å². The molecule has 0 saturated heterocycles. The van der Waals surface area contributed by atoms with Crippen LogP contribution in [0.2, 0.25) is 0 Å². The Balaban J connectivity index is 2.02. The zero-order valence-electron chi connectivity index (χ0n) is 9.85. The maximum absolute atomic E-state index is 11.1. The van der Waals surface area contributed by atoms with E-state index >= 15 is 0 Å². The Morgan fingerprint density at radius 3 is 2.65 bits per heavy atom. The highest BCUT2D eigenvalue weighted by atomic mass is 32.2. The van der Waals surface area contributed by atoms with Gasteiger partial charge in [-0.25, -0.2) is 13.6 Å². The monoisotopic (exact) mass is 255 g/mol. The van der Waals surface area contributed by atoms with Crippen molar-refractivity contribution in [3.63, 3.8) is 0 Å². The maximum Gasteiger partial charge on any atom is 0.238 e. The normalized spacial score (nSPS) is 15.9. The van der Waals surface area contributed by atoms with Crippen LogP contribution < -0.4 is 9.88 Å². The number of benzene rings is 1. The molecule has 1 fully saturated rings. The first kappa shape index (κ1) is 12.4. The van der Waals surface area contributed by atoms with E-state index in [9.17, 15) is 8.42 Å². The Hall–Kier alpha value is -1.07. The molecule has 1 aromatic carbocycles. The van der Waals surface area contributed by atoms with Crippen LogP contribution in [-0.4, -0.2) is 15.0 Å². The molecule has 4 nitrogen and oxygen atoms in total. The summed E-state index contributed by atoms with van der Waals surface area (Å²) in [6.07, 6.45) is 3.70. The second kappa shape index (κ2) is 4.66. The van der Waals surface area contributed by atoms with Crippen LogP contribution in [-0.2, 0) is 10.0 Å². The van der Waals surface area contributed by atoms with E-state index in [1.807, 2.05) is 6.92 Å². The van der Waals surface area contributed by atoms with Crippen molar-refractivity contribution in [2.75, 3.05) is 6.61 Å². The van der Waals surface area contributed by atoms with Gasteiger partial charge in [-0.3, -0.25) is 0 Å². The number of nitrogens with two attached hydrogens (primary N) is 1. The predicted molar refractivity (Wildman–Crippen MR) is 65.4 cm³/mol. The Bertz CT molecular complexity index is 506. The van der Waals surface area contributed by atoms with Crippen LogP contribution in [0, 0.1) is 12.8 Å². The van der Waals surface area contributed by atoms with Crippen molar-refractivity contribution in [1.29, 1.82) is 0 Å². The highest BCUT2D eigenvalue weighted by molar-refractivity contribution is 7.89. The van der Waals surface area contributed by atoms with Gasteiger partial charge in [0.15, 0.2) is 0 Å². The van der Waals surface area contributed by atoms with Crippen LogP contribution in [0.5, 0.6) is 5.75 Å². The van der Waals surface area contributed by atoms with E-state index in [-0.39, 0.29) is 4.90 Å². The lowest BCUT2D eigenvalue weighted by atomic mass is 10.2. The quantitative estimate of drug-likeness (QED) is 0.872. The largest absolute Gasteiger partial charge is 0.493 e. The number of sulfonamides is 1. The van der Waals surface area contributed by atoms with E-state index < -0.39 is 10.0 Å². The van der Waals surface area contributed by atoms with E-state index in [2.05, 4.69) is 0 Å². The molecule has 0 aromatic heterocycles. The number of hydrogen-bond acceptors (Lipinski definition) is 3. The van der Waals surface area contributed by atoms with Gasteiger partial charge in [-0.15, -0.1) is 0 Å². The van der Waals surface area contributed by atoms with Gasteiger partial charge in [0, 0.05) is 0 Å². The lowest BCUT2D eigenvalue weighted by Gasteiger charge is -2.09. The molecule has 94 valence electrons. The lowest BCUT2D eigenvalue weighted by molar-refractivity contribution is 0.300. The summed E-state index contributed by atoms with van der Waals surface area (Å²) in [5, 5.41) is 5.06. The summed E-state index contributed by atoms with van der Waals surface area (Å²) in [6, 6.07) is 4.69. The minimum atomic E-state index is -3.62. The molecule has 1 aliphatic carbocycles. The molecule has 0 unspecified atom stereocenters. The second-order valence-electron chi connectivity index (χ2n) is 4.55. The van der Waals surface area contributed by atoms with Gasteiger partial charge in [0.2, 0.25) is 10.0 Å². The molecule has 0 heterocycles. The molecule has 0 aliphatic heterocycles. The highest BCUT2D eigenvalue weighted by Crippen LogP contribution is 2.32. The summed E-state index contributed by atoms with van der Waals surface area (Å²) < 4.78 is 27.9. The fourth-order valence-electron chi connectivity index (χ4n) is 1.70. The van der Waals surface area contributed by atoms with Crippen molar-refractivity contribution >= 4 is 10.0 Å². The van der Waals surface area contributed by atoms with E-state index in [1.54, 1.807) is 12.1 Å². The summed E-state index contributed by atoms with van der Waals surface area (Å²) in [4.78, 5) is 0.129. The first-order valence-electron chi connectivity index (χ1n) is 5.73. The predicted octanol–water partition coefficient (Wildman–Crippen LogP) is 1.82. The van der Waals surface area contributed by atoms with Crippen molar-refractivity contribution in [2.45, 2.75) is 31.1 Å². The minimum Gasteiger partial charge on any atom is -0.493 e. The molecule has 0 radical (unpaired) electrons. The topological polar surface area (TPSA) is 69.4 Å². The molecular weight excluding hydrogens is 238 g/mol. The summed E-state index contributed by atoms with van der Waals surface area (Å²) in [6.45, 7) is 2.52.